The first-order valence-electron chi connectivity index (χ1n) is 11.1. The van der Waals surface area contributed by atoms with Crippen LogP contribution in [-0.4, -0.2) is 35.3 Å². The monoisotopic (exact) mass is 439 g/mol. The molecule has 0 unspecified atom stereocenters. The second-order valence-electron chi connectivity index (χ2n) is 8.70. The summed E-state index contributed by atoms with van der Waals surface area (Å²) in [5.41, 5.74) is 2.31. The molecule has 5 rings (SSSR count). The SMILES string of the molecule is C[C@@H]1Cc2ccccc2N1C(=O)CN1C(=O)N[C@](Cc2ccccc2)(c2ccccc2)C1=O. The Bertz CT molecular complexity index is 1210. The van der Waals surface area contributed by atoms with Gasteiger partial charge in [-0.3, -0.25) is 14.5 Å². The molecule has 6 nitrogen and oxygen atoms in total. The second-order valence-corrected chi connectivity index (χ2v) is 8.70. The summed E-state index contributed by atoms with van der Waals surface area (Å²) in [4.78, 5) is 42.9. The van der Waals surface area contributed by atoms with Crippen LogP contribution in [0.2, 0.25) is 0 Å². The highest BCUT2D eigenvalue weighted by Crippen LogP contribution is 2.35. The van der Waals surface area contributed by atoms with Crippen molar-refractivity contribution in [2.75, 3.05) is 11.4 Å². The first kappa shape index (κ1) is 20.9. The van der Waals surface area contributed by atoms with Gasteiger partial charge in [0.1, 0.15) is 6.54 Å². The maximum Gasteiger partial charge on any atom is 0.325 e. The van der Waals surface area contributed by atoms with Gasteiger partial charge in [-0.15, -0.1) is 0 Å². The molecule has 0 aromatic heterocycles. The van der Waals surface area contributed by atoms with Crippen molar-refractivity contribution in [2.45, 2.75) is 31.3 Å². The Morgan fingerprint density at radius 1 is 0.939 bits per heavy atom. The van der Waals surface area contributed by atoms with E-state index in [-0.39, 0.29) is 18.5 Å². The van der Waals surface area contributed by atoms with Gasteiger partial charge in [0.05, 0.1) is 0 Å². The Labute approximate surface area is 192 Å². The van der Waals surface area contributed by atoms with Crippen LogP contribution in [0.25, 0.3) is 0 Å². The Morgan fingerprint density at radius 2 is 1.58 bits per heavy atom. The average molecular weight is 440 g/mol. The highest BCUT2D eigenvalue weighted by molar-refractivity contribution is 6.11. The van der Waals surface area contributed by atoms with Crippen LogP contribution in [0.4, 0.5) is 10.5 Å². The molecule has 2 atom stereocenters. The summed E-state index contributed by atoms with van der Waals surface area (Å²) in [5, 5.41) is 2.93. The van der Waals surface area contributed by atoms with Crippen molar-refractivity contribution in [2.24, 2.45) is 0 Å². The van der Waals surface area contributed by atoms with Gasteiger partial charge in [-0.05, 0) is 36.1 Å². The number of benzene rings is 3. The van der Waals surface area contributed by atoms with E-state index in [4.69, 9.17) is 0 Å². The Kier molecular flexibility index (Phi) is 5.21. The van der Waals surface area contributed by atoms with Crippen molar-refractivity contribution >= 4 is 23.5 Å². The van der Waals surface area contributed by atoms with Gasteiger partial charge >= 0.3 is 6.03 Å². The predicted octanol–water partition coefficient (Wildman–Crippen LogP) is 3.65. The molecule has 0 saturated carbocycles. The first-order valence-corrected chi connectivity index (χ1v) is 11.1. The van der Waals surface area contributed by atoms with Crippen LogP contribution >= 0.6 is 0 Å². The molecule has 2 aliphatic rings. The summed E-state index contributed by atoms with van der Waals surface area (Å²) in [6.07, 6.45) is 1.06. The van der Waals surface area contributed by atoms with Crippen molar-refractivity contribution in [3.63, 3.8) is 0 Å². The van der Waals surface area contributed by atoms with Crippen LogP contribution in [0.5, 0.6) is 0 Å². The van der Waals surface area contributed by atoms with E-state index in [2.05, 4.69) is 5.32 Å². The van der Waals surface area contributed by atoms with Gasteiger partial charge in [0, 0.05) is 18.2 Å². The lowest BCUT2D eigenvalue weighted by Crippen LogP contribution is -2.48. The lowest BCUT2D eigenvalue weighted by molar-refractivity contribution is -0.134. The standard InChI is InChI=1S/C27H25N3O3/c1-19-16-21-12-8-9-15-23(21)30(19)24(31)18-29-25(32)27(28-26(29)33,22-13-6-3-7-14-22)17-20-10-4-2-5-11-20/h2-15,19H,16-18H2,1H3,(H,28,33)/t19-,27-/m1/s1. The number of rotatable bonds is 5. The fourth-order valence-electron chi connectivity index (χ4n) is 4.97. The van der Waals surface area contributed by atoms with Crippen LogP contribution in [-0.2, 0) is 28.0 Å². The number of nitrogens with one attached hydrogen (secondary N) is 1. The van der Waals surface area contributed by atoms with Crippen molar-refractivity contribution in [1.82, 2.24) is 10.2 Å². The molecule has 0 bridgehead atoms. The molecule has 33 heavy (non-hydrogen) atoms. The Hall–Kier alpha value is -3.93. The number of carbonyl (C=O) groups excluding carboxylic acids is 3. The topological polar surface area (TPSA) is 69.7 Å². The summed E-state index contributed by atoms with van der Waals surface area (Å²) >= 11 is 0. The smallest absolute Gasteiger partial charge is 0.319 e. The number of amides is 4. The number of anilines is 1. The van der Waals surface area contributed by atoms with E-state index >= 15 is 0 Å². The van der Waals surface area contributed by atoms with E-state index in [1.165, 1.54) is 0 Å². The quantitative estimate of drug-likeness (QED) is 0.617. The second kappa shape index (κ2) is 8.20. The van der Waals surface area contributed by atoms with Gasteiger partial charge in [-0.25, -0.2) is 4.79 Å². The van der Waals surface area contributed by atoms with Crippen LogP contribution in [0.3, 0.4) is 0 Å². The van der Waals surface area contributed by atoms with E-state index in [1.807, 2.05) is 91.9 Å². The maximum absolute atomic E-state index is 13.8. The molecule has 0 spiro atoms. The van der Waals surface area contributed by atoms with E-state index in [1.54, 1.807) is 4.90 Å². The fraction of sp³-hybridized carbons (Fsp3) is 0.222. The molecule has 166 valence electrons. The number of para-hydroxylation sites is 1. The summed E-state index contributed by atoms with van der Waals surface area (Å²) in [6.45, 7) is 1.68. The van der Waals surface area contributed by atoms with Crippen LogP contribution in [0, 0.1) is 0 Å². The molecule has 2 heterocycles. The molecule has 4 amide bonds. The first-order chi connectivity index (χ1) is 16.0. The lowest BCUT2D eigenvalue weighted by Gasteiger charge is -2.28. The number of hydrogen-bond donors (Lipinski definition) is 1. The highest BCUT2D eigenvalue weighted by Gasteiger charge is 2.53. The zero-order valence-corrected chi connectivity index (χ0v) is 18.4. The predicted molar refractivity (Wildman–Crippen MR) is 126 cm³/mol. The molecule has 1 fully saturated rings. The summed E-state index contributed by atoms with van der Waals surface area (Å²) in [5.74, 6) is -0.671. The minimum absolute atomic E-state index is 0.0288. The minimum Gasteiger partial charge on any atom is -0.319 e. The van der Waals surface area contributed by atoms with Gasteiger partial charge in [0.25, 0.3) is 5.91 Å². The van der Waals surface area contributed by atoms with Crippen LogP contribution in [0.1, 0.15) is 23.6 Å². The molecular weight excluding hydrogens is 414 g/mol. The maximum atomic E-state index is 13.8. The number of carbonyl (C=O) groups is 3. The van der Waals surface area contributed by atoms with E-state index < -0.39 is 17.5 Å². The molecule has 1 saturated heterocycles. The van der Waals surface area contributed by atoms with E-state index in [0.29, 0.717) is 12.0 Å². The number of urea groups is 1. The molecule has 0 aliphatic carbocycles. The summed E-state index contributed by atoms with van der Waals surface area (Å²) in [6, 6.07) is 26.0. The molecular formula is C27H25N3O3. The van der Waals surface area contributed by atoms with E-state index in [0.717, 1.165) is 28.1 Å². The third kappa shape index (κ3) is 3.57. The zero-order chi connectivity index (χ0) is 23.0. The third-order valence-corrected chi connectivity index (χ3v) is 6.52. The Morgan fingerprint density at radius 3 is 2.30 bits per heavy atom. The zero-order valence-electron chi connectivity index (χ0n) is 18.4. The summed E-state index contributed by atoms with van der Waals surface area (Å²) < 4.78 is 0. The van der Waals surface area contributed by atoms with Gasteiger partial charge in [-0.2, -0.15) is 0 Å². The van der Waals surface area contributed by atoms with Crippen molar-refractivity contribution in [3.8, 4) is 0 Å². The molecule has 2 aliphatic heterocycles. The number of imide groups is 1. The van der Waals surface area contributed by atoms with Crippen molar-refractivity contribution in [3.05, 3.63) is 102 Å². The van der Waals surface area contributed by atoms with Crippen LogP contribution < -0.4 is 10.2 Å². The number of fused-ring (bicyclic) bond motifs is 1. The van der Waals surface area contributed by atoms with Gasteiger partial charge in [0.2, 0.25) is 5.91 Å². The fourth-order valence-corrected chi connectivity index (χ4v) is 4.97. The number of nitrogens with zero attached hydrogens (tertiary/aromatic N) is 2. The molecule has 0 radical (unpaired) electrons. The van der Waals surface area contributed by atoms with Gasteiger partial charge in [0.15, 0.2) is 5.54 Å². The van der Waals surface area contributed by atoms with Gasteiger partial charge < -0.3 is 10.2 Å². The highest BCUT2D eigenvalue weighted by atomic mass is 16.2. The van der Waals surface area contributed by atoms with Crippen molar-refractivity contribution in [1.29, 1.82) is 0 Å². The largest absolute Gasteiger partial charge is 0.325 e. The minimum atomic E-state index is -1.26. The average Bonchev–Trinajstić information content (AvgIpc) is 3.29. The third-order valence-electron chi connectivity index (χ3n) is 6.52. The van der Waals surface area contributed by atoms with Crippen molar-refractivity contribution < 1.29 is 14.4 Å². The van der Waals surface area contributed by atoms with Crippen LogP contribution in [0.15, 0.2) is 84.9 Å². The molecule has 3 aromatic carbocycles. The molecule has 1 N–H and O–H groups in total. The normalized spacial score (nSPS) is 21.8. The summed E-state index contributed by atoms with van der Waals surface area (Å²) in [7, 11) is 0. The molecule has 3 aromatic rings. The lowest BCUT2D eigenvalue weighted by atomic mass is 9.83. The Balaban J connectivity index is 1.46. The number of hydrogen-bond acceptors (Lipinski definition) is 3. The van der Waals surface area contributed by atoms with Gasteiger partial charge in [-0.1, -0.05) is 78.9 Å². The van der Waals surface area contributed by atoms with E-state index in [9.17, 15) is 14.4 Å². The molecule has 6 heteroatoms.